The molecule has 1 aliphatic rings. The highest BCUT2D eigenvalue weighted by molar-refractivity contribution is 6.00. The van der Waals surface area contributed by atoms with Crippen LogP contribution in [0.3, 0.4) is 0 Å². The second-order valence-corrected chi connectivity index (χ2v) is 6.90. The van der Waals surface area contributed by atoms with E-state index in [9.17, 15) is 4.79 Å². The fourth-order valence-electron chi connectivity index (χ4n) is 3.25. The summed E-state index contributed by atoms with van der Waals surface area (Å²) in [5, 5.41) is 0. The molecule has 1 unspecified atom stereocenters. The summed E-state index contributed by atoms with van der Waals surface area (Å²) >= 11 is 0. The highest BCUT2D eigenvalue weighted by atomic mass is 16.5. The first-order valence-electron chi connectivity index (χ1n) is 6.94. The van der Waals surface area contributed by atoms with E-state index in [2.05, 4.69) is 19.9 Å². The minimum Gasteiger partial charge on any atom is -0.369 e. The van der Waals surface area contributed by atoms with Crippen molar-refractivity contribution in [1.82, 2.24) is 0 Å². The number of aryl methyl sites for hydroxylation is 2. The van der Waals surface area contributed by atoms with E-state index in [-0.39, 0.29) is 17.3 Å². The largest absolute Gasteiger partial charge is 0.369 e. The van der Waals surface area contributed by atoms with Gasteiger partial charge in [-0.1, -0.05) is 23.8 Å². The Morgan fingerprint density at radius 1 is 1.21 bits per heavy atom. The van der Waals surface area contributed by atoms with Gasteiger partial charge in [0.2, 0.25) is 0 Å². The second-order valence-electron chi connectivity index (χ2n) is 6.90. The third kappa shape index (κ3) is 2.74. The van der Waals surface area contributed by atoms with Crippen LogP contribution < -0.4 is 0 Å². The van der Waals surface area contributed by atoms with Crippen LogP contribution in [0.15, 0.2) is 18.2 Å². The second kappa shape index (κ2) is 4.45. The fourth-order valence-corrected chi connectivity index (χ4v) is 3.25. The van der Waals surface area contributed by atoms with Crippen LogP contribution in [-0.4, -0.2) is 17.0 Å². The first-order valence-corrected chi connectivity index (χ1v) is 6.94. The Kier molecular flexibility index (Phi) is 3.34. The molecule has 1 aliphatic heterocycles. The summed E-state index contributed by atoms with van der Waals surface area (Å²) < 4.78 is 6.03. The molecule has 0 bridgehead atoms. The molecule has 2 nitrogen and oxygen atoms in total. The lowest BCUT2D eigenvalue weighted by atomic mass is 9.80. The van der Waals surface area contributed by atoms with E-state index in [0.29, 0.717) is 0 Å². The van der Waals surface area contributed by atoms with E-state index in [1.165, 1.54) is 5.56 Å². The molecule has 0 spiro atoms. The van der Waals surface area contributed by atoms with Gasteiger partial charge in [0, 0.05) is 5.56 Å². The minimum absolute atomic E-state index is 0.0658. The molecule has 1 fully saturated rings. The number of hydrogen-bond acceptors (Lipinski definition) is 2. The molecule has 0 aliphatic carbocycles. The normalized spacial score (nSPS) is 24.4. The highest BCUT2D eigenvalue weighted by Crippen LogP contribution is 2.43. The quantitative estimate of drug-likeness (QED) is 0.749. The van der Waals surface area contributed by atoms with E-state index in [0.717, 1.165) is 17.5 Å². The van der Waals surface area contributed by atoms with Crippen molar-refractivity contribution in [3.8, 4) is 0 Å². The molecule has 19 heavy (non-hydrogen) atoms. The molecule has 0 aromatic heterocycles. The molecular formula is C17H24O2. The average molecular weight is 260 g/mol. The highest BCUT2D eigenvalue weighted by Gasteiger charge is 2.49. The molecule has 1 atom stereocenters. The van der Waals surface area contributed by atoms with E-state index >= 15 is 0 Å². The Hall–Kier alpha value is -1.15. The monoisotopic (exact) mass is 260 g/mol. The van der Waals surface area contributed by atoms with Crippen LogP contribution in [0.2, 0.25) is 0 Å². The van der Waals surface area contributed by atoms with Gasteiger partial charge >= 0.3 is 0 Å². The molecule has 1 aromatic carbocycles. The maximum Gasteiger partial charge on any atom is 0.169 e. The number of carbonyl (C=O) groups excluding carboxylic acids is 1. The lowest BCUT2D eigenvalue weighted by molar-refractivity contribution is -0.0712. The first-order chi connectivity index (χ1) is 8.62. The number of ether oxygens (including phenoxy) is 1. The van der Waals surface area contributed by atoms with Crippen molar-refractivity contribution in [1.29, 1.82) is 0 Å². The fraction of sp³-hybridized carbons (Fsp3) is 0.588. The molecule has 0 radical (unpaired) electrons. The molecule has 0 N–H and O–H groups in total. The van der Waals surface area contributed by atoms with Gasteiger partial charge in [0.1, 0.15) is 0 Å². The molecule has 2 heteroatoms. The molecule has 2 rings (SSSR count). The van der Waals surface area contributed by atoms with Gasteiger partial charge in [-0.15, -0.1) is 0 Å². The van der Waals surface area contributed by atoms with Gasteiger partial charge < -0.3 is 4.74 Å². The lowest BCUT2D eigenvalue weighted by Crippen LogP contribution is -2.34. The summed E-state index contributed by atoms with van der Waals surface area (Å²) in [6.45, 7) is 12.2. The summed E-state index contributed by atoms with van der Waals surface area (Å²) in [5.74, 6) is 0.150. The third-order valence-corrected chi connectivity index (χ3v) is 4.04. The molecule has 0 saturated carbocycles. The standard InChI is InChI=1S/C17H24O2/c1-11-7-8-13(12(2)9-11)15(18)14-10-16(3,4)19-17(14,5)6/h7-9,14H,10H2,1-6H3. The van der Waals surface area contributed by atoms with Crippen LogP contribution in [0, 0.1) is 19.8 Å². The van der Waals surface area contributed by atoms with Crippen LogP contribution >= 0.6 is 0 Å². The van der Waals surface area contributed by atoms with Crippen molar-refractivity contribution in [3.63, 3.8) is 0 Å². The average Bonchev–Trinajstić information content (AvgIpc) is 2.45. The molecule has 1 saturated heterocycles. The molecular weight excluding hydrogens is 236 g/mol. The molecule has 1 heterocycles. The first kappa shape index (κ1) is 14.3. The Bertz CT molecular complexity index is 512. The van der Waals surface area contributed by atoms with Crippen molar-refractivity contribution in [2.24, 2.45) is 5.92 Å². The van der Waals surface area contributed by atoms with Crippen molar-refractivity contribution in [2.45, 2.75) is 59.2 Å². The summed E-state index contributed by atoms with van der Waals surface area (Å²) in [5.41, 5.74) is 2.48. The van der Waals surface area contributed by atoms with Crippen LogP contribution in [0.5, 0.6) is 0 Å². The zero-order chi connectivity index (χ0) is 14.4. The van der Waals surface area contributed by atoms with E-state index < -0.39 is 5.60 Å². The summed E-state index contributed by atoms with van der Waals surface area (Å²) in [7, 11) is 0. The van der Waals surface area contributed by atoms with Gasteiger partial charge in [0.15, 0.2) is 5.78 Å². The lowest BCUT2D eigenvalue weighted by Gasteiger charge is -2.27. The van der Waals surface area contributed by atoms with Gasteiger partial charge in [0.05, 0.1) is 17.1 Å². The van der Waals surface area contributed by atoms with Crippen LogP contribution in [0.4, 0.5) is 0 Å². The number of carbonyl (C=O) groups is 1. The maximum atomic E-state index is 12.8. The summed E-state index contributed by atoms with van der Waals surface area (Å²) in [4.78, 5) is 12.8. The third-order valence-electron chi connectivity index (χ3n) is 4.04. The van der Waals surface area contributed by atoms with Gasteiger partial charge in [-0.05, 0) is 53.5 Å². The van der Waals surface area contributed by atoms with Crippen LogP contribution in [-0.2, 0) is 4.74 Å². The van der Waals surface area contributed by atoms with Crippen molar-refractivity contribution in [3.05, 3.63) is 34.9 Å². The maximum absolute atomic E-state index is 12.8. The van der Waals surface area contributed by atoms with Crippen molar-refractivity contribution in [2.75, 3.05) is 0 Å². The zero-order valence-corrected chi connectivity index (χ0v) is 12.8. The van der Waals surface area contributed by atoms with Crippen molar-refractivity contribution < 1.29 is 9.53 Å². The molecule has 104 valence electrons. The molecule has 1 aromatic rings. The zero-order valence-electron chi connectivity index (χ0n) is 12.8. The van der Waals surface area contributed by atoms with Gasteiger partial charge in [0.25, 0.3) is 0 Å². The topological polar surface area (TPSA) is 26.3 Å². The predicted molar refractivity (Wildman–Crippen MR) is 77.6 cm³/mol. The van der Waals surface area contributed by atoms with Gasteiger partial charge in [-0.2, -0.15) is 0 Å². The van der Waals surface area contributed by atoms with Gasteiger partial charge in [-0.3, -0.25) is 4.79 Å². The van der Waals surface area contributed by atoms with E-state index in [1.54, 1.807) is 0 Å². The number of hydrogen-bond donors (Lipinski definition) is 0. The summed E-state index contributed by atoms with van der Waals surface area (Å²) in [6.07, 6.45) is 0.784. The molecule has 0 amide bonds. The minimum atomic E-state index is -0.391. The van der Waals surface area contributed by atoms with Crippen LogP contribution in [0.1, 0.15) is 55.6 Å². The number of ketones is 1. The predicted octanol–water partition coefficient (Wildman–Crippen LogP) is 4.08. The SMILES string of the molecule is Cc1ccc(C(=O)C2CC(C)(C)OC2(C)C)c(C)c1. The number of Topliss-reactive ketones (excluding diaryl/α,β-unsaturated/α-hetero) is 1. The Morgan fingerprint density at radius 2 is 1.84 bits per heavy atom. The Balaban J connectivity index is 2.34. The Labute approximate surface area is 116 Å². The van der Waals surface area contributed by atoms with E-state index in [4.69, 9.17) is 4.74 Å². The van der Waals surface area contributed by atoms with Gasteiger partial charge in [-0.25, -0.2) is 0 Å². The van der Waals surface area contributed by atoms with Crippen LogP contribution in [0.25, 0.3) is 0 Å². The Morgan fingerprint density at radius 3 is 2.32 bits per heavy atom. The summed E-state index contributed by atoms with van der Waals surface area (Å²) in [6, 6.07) is 6.03. The van der Waals surface area contributed by atoms with Crippen molar-refractivity contribution >= 4 is 5.78 Å². The number of rotatable bonds is 2. The van der Waals surface area contributed by atoms with E-state index in [1.807, 2.05) is 39.8 Å². The number of benzene rings is 1. The smallest absolute Gasteiger partial charge is 0.169 e.